The first kappa shape index (κ1) is 28.6. The molecule has 0 saturated carbocycles. The number of para-hydroxylation sites is 1. The van der Waals surface area contributed by atoms with Crippen molar-refractivity contribution in [2.45, 2.75) is 33.4 Å². The Balaban J connectivity index is 1.61. The molecule has 42 heavy (non-hydrogen) atoms. The number of hydrogen-bond acceptors (Lipinski definition) is 8. The summed E-state index contributed by atoms with van der Waals surface area (Å²) < 4.78 is 19.1. The number of rotatable bonds is 8. The summed E-state index contributed by atoms with van der Waals surface area (Å²) in [5.41, 5.74) is 4.53. The zero-order valence-corrected chi connectivity index (χ0v) is 24.5. The maximum absolute atomic E-state index is 14.0. The topological polar surface area (TPSA) is 103 Å². The lowest BCUT2D eigenvalue weighted by molar-refractivity contribution is -0.139. The number of hydrogen-bond donors (Lipinski definition) is 0. The van der Waals surface area contributed by atoms with E-state index in [-0.39, 0.29) is 18.8 Å². The third kappa shape index (κ3) is 5.62. The molecule has 4 aromatic rings. The van der Waals surface area contributed by atoms with Crippen molar-refractivity contribution in [3.63, 3.8) is 0 Å². The Labute approximate surface area is 247 Å². The Morgan fingerprint density at radius 1 is 1.10 bits per heavy atom. The van der Waals surface area contributed by atoms with Gasteiger partial charge in [-0.3, -0.25) is 9.36 Å². The number of nitrogens with zero attached hydrogens (tertiary/aromatic N) is 3. The van der Waals surface area contributed by atoms with E-state index in [0.717, 1.165) is 16.7 Å². The van der Waals surface area contributed by atoms with E-state index >= 15 is 0 Å². The molecule has 1 atom stereocenters. The smallest absolute Gasteiger partial charge is 0.338 e. The maximum Gasteiger partial charge on any atom is 0.338 e. The van der Waals surface area contributed by atoms with E-state index in [0.29, 0.717) is 43.2 Å². The van der Waals surface area contributed by atoms with Crippen molar-refractivity contribution in [2.75, 3.05) is 13.7 Å². The highest BCUT2D eigenvalue weighted by Gasteiger charge is 2.33. The van der Waals surface area contributed by atoms with Gasteiger partial charge >= 0.3 is 5.97 Å². The Hall–Kier alpha value is -4.94. The number of ether oxygens (including phenoxy) is 3. The van der Waals surface area contributed by atoms with Crippen molar-refractivity contribution in [3.05, 3.63) is 126 Å². The van der Waals surface area contributed by atoms with Crippen LogP contribution in [0.4, 0.5) is 0 Å². The molecule has 9 heteroatoms. The van der Waals surface area contributed by atoms with E-state index in [4.69, 9.17) is 19.5 Å². The van der Waals surface area contributed by atoms with Crippen molar-refractivity contribution < 1.29 is 19.0 Å². The van der Waals surface area contributed by atoms with Gasteiger partial charge in [0.25, 0.3) is 5.56 Å². The first-order chi connectivity index (χ1) is 20.3. The zero-order valence-electron chi connectivity index (χ0n) is 23.7. The molecule has 0 N–H and O–H groups in total. The van der Waals surface area contributed by atoms with Crippen molar-refractivity contribution in [1.29, 1.82) is 5.26 Å². The molecule has 0 amide bonds. The van der Waals surface area contributed by atoms with Crippen LogP contribution in [0.1, 0.15) is 47.7 Å². The predicted octanol–water partition coefficient (Wildman–Crippen LogP) is 4.57. The second-order valence-electron chi connectivity index (χ2n) is 9.69. The molecular weight excluding hydrogens is 550 g/mol. The average Bonchev–Trinajstić information content (AvgIpc) is 3.30. The van der Waals surface area contributed by atoms with Gasteiger partial charge in [0.15, 0.2) is 16.3 Å². The molecule has 0 saturated heterocycles. The number of methoxy groups -OCH3 is 1. The van der Waals surface area contributed by atoms with E-state index in [2.05, 4.69) is 11.1 Å². The summed E-state index contributed by atoms with van der Waals surface area (Å²) in [7, 11) is 1.56. The molecule has 0 fully saturated rings. The number of nitriles is 1. The van der Waals surface area contributed by atoms with Crippen molar-refractivity contribution >= 4 is 23.4 Å². The molecular formula is C33H29N3O5S. The quantitative estimate of drug-likeness (QED) is 0.284. The SMILES string of the molecule is CCOC(=O)C1=C(C)N=c2s/c(=C\c3cccc(OC)c3OCc3ccc(C#N)cc3)c(=O)n2[C@@H]1c1ccc(C)cc1. The third-order valence-electron chi connectivity index (χ3n) is 6.89. The minimum atomic E-state index is -0.680. The fourth-order valence-electron chi connectivity index (χ4n) is 4.79. The van der Waals surface area contributed by atoms with Crippen LogP contribution in [0.25, 0.3) is 6.08 Å². The van der Waals surface area contributed by atoms with Crippen LogP contribution in [-0.4, -0.2) is 24.3 Å². The average molecular weight is 580 g/mol. The first-order valence-corrected chi connectivity index (χ1v) is 14.2. The maximum atomic E-state index is 14.0. The Kier molecular flexibility index (Phi) is 8.36. The highest BCUT2D eigenvalue weighted by atomic mass is 32.1. The second kappa shape index (κ2) is 12.3. The fourth-order valence-corrected chi connectivity index (χ4v) is 5.83. The van der Waals surface area contributed by atoms with Gasteiger partial charge in [0.05, 0.1) is 47.2 Å². The summed E-state index contributed by atoms with van der Waals surface area (Å²) in [4.78, 5) is 32.3. The van der Waals surface area contributed by atoms with E-state index in [1.165, 1.54) is 11.3 Å². The van der Waals surface area contributed by atoms with Gasteiger partial charge in [0.2, 0.25) is 0 Å². The van der Waals surface area contributed by atoms with Gasteiger partial charge in [0, 0.05) is 5.56 Å². The van der Waals surface area contributed by atoms with E-state index in [1.807, 2.05) is 55.5 Å². The van der Waals surface area contributed by atoms with E-state index in [1.54, 1.807) is 49.8 Å². The molecule has 8 nitrogen and oxygen atoms in total. The lowest BCUT2D eigenvalue weighted by Crippen LogP contribution is -2.39. The molecule has 0 aliphatic carbocycles. The Bertz CT molecular complexity index is 1900. The summed E-state index contributed by atoms with van der Waals surface area (Å²) >= 11 is 1.24. The van der Waals surface area contributed by atoms with Crippen LogP contribution in [0.15, 0.2) is 87.8 Å². The largest absolute Gasteiger partial charge is 0.493 e. The molecule has 0 unspecified atom stereocenters. The van der Waals surface area contributed by atoms with Gasteiger partial charge < -0.3 is 14.2 Å². The lowest BCUT2D eigenvalue weighted by atomic mass is 9.95. The molecule has 1 aromatic heterocycles. The number of aromatic nitrogens is 1. The van der Waals surface area contributed by atoms with Gasteiger partial charge in [-0.15, -0.1) is 0 Å². The van der Waals surface area contributed by atoms with Crippen LogP contribution in [0, 0.1) is 18.3 Å². The number of allylic oxidation sites excluding steroid dienone is 1. The molecule has 0 radical (unpaired) electrons. The Morgan fingerprint density at radius 2 is 1.83 bits per heavy atom. The normalized spacial score (nSPS) is 14.5. The van der Waals surface area contributed by atoms with Crippen LogP contribution in [-0.2, 0) is 16.1 Å². The monoisotopic (exact) mass is 579 g/mol. The van der Waals surface area contributed by atoms with Gasteiger partial charge in [-0.05, 0) is 56.2 Å². The Morgan fingerprint density at radius 3 is 2.50 bits per heavy atom. The van der Waals surface area contributed by atoms with E-state index in [9.17, 15) is 9.59 Å². The van der Waals surface area contributed by atoms with Crippen LogP contribution in [0.2, 0.25) is 0 Å². The summed E-state index contributed by atoms with van der Waals surface area (Å²) in [5, 5.41) is 9.08. The summed E-state index contributed by atoms with van der Waals surface area (Å²) in [6.45, 7) is 5.95. The van der Waals surface area contributed by atoms with Gasteiger partial charge in [0.1, 0.15) is 6.61 Å². The second-order valence-corrected chi connectivity index (χ2v) is 10.7. The van der Waals surface area contributed by atoms with Crippen molar-refractivity contribution in [2.24, 2.45) is 4.99 Å². The molecule has 2 heterocycles. The third-order valence-corrected chi connectivity index (χ3v) is 7.88. The molecule has 1 aliphatic rings. The predicted molar refractivity (Wildman–Crippen MR) is 160 cm³/mol. The fraction of sp³-hybridized carbons (Fsp3) is 0.212. The summed E-state index contributed by atoms with van der Waals surface area (Å²) in [6, 6.07) is 21.8. The van der Waals surface area contributed by atoms with Gasteiger partial charge in [-0.25, -0.2) is 9.79 Å². The number of carbonyl (C=O) groups is 1. The van der Waals surface area contributed by atoms with Crippen LogP contribution in [0.3, 0.4) is 0 Å². The van der Waals surface area contributed by atoms with Crippen LogP contribution in [0.5, 0.6) is 11.5 Å². The highest BCUT2D eigenvalue weighted by Crippen LogP contribution is 2.33. The number of fused-ring (bicyclic) bond motifs is 1. The van der Waals surface area contributed by atoms with Gasteiger partial charge in [-0.2, -0.15) is 5.26 Å². The zero-order chi connectivity index (χ0) is 29.8. The van der Waals surface area contributed by atoms with Crippen molar-refractivity contribution in [3.8, 4) is 17.6 Å². The lowest BCUT2D eigenvalue weighted by Gasteiger charge is -2.24. The van der Waals surface area contributed by atoms with Gasteiger partial charge in [-0.1, -0.05) is 65.4 Å². The van der Waals surface area contributed by atoms with Crippen molar-refractivity contribution in [1.82, 2.24) is 4.57 Å². The molecule has 212 valence electrons. The molecule has 0 spiro atoms. The minimum absolute atomic E-state index is 0.210. The number of esters is 1. The molecule has 1 aliphatic heterocycles. The number of aryl methyl sites for hydroxylation is 1. The molecule has 5 rings (SSSR count). The van der Waals surface area contributed by atoms with Crippen LogP contribution < -0.4 is 24.4 Å². The number of carbonyl (C=O) groups excluding carboxylic acids is 1. The number of benzene rings is 3. The molecule has 3 aromatic carbocycles. The molecule has 0 bridgehead atoms. The minimum Gasteiger partial charge on any atom is -0.493 e. The van der Waals surface area contributed by atoms with Crippen LogP contribution >= 0.6 is 11.3 Å². The summed E-state index contributed by atoms with van der Waals surface area (Å²) in [6.07, 6.45) is 1.76. The summed E-state index contributed by atoms with van der Waals surface area (Å²) in [5.74, 6) is 0.502. The first-order valence-electron chi connectivity index (χ1n) is 13.4. The highest BCUT2D eigenvalue weighted by molar-refractivity contribution is 7.07. The van der Waals surface area contributed by atoms with E-state index < -0.39 is 12.0 Å². The number of thiazole rings is 1. The standard InChI is InChI=1S/C33H29N3O5S/c1-5-40-32(38)28-21(3)35-33-36(29(28)24-15-9-20(2)10-16-24)31(37)27(42-33)17-25-7-6-8-26(39-4)30(25)41-19-23-13-11-22(18-34)12-14-23/h6-17,29H,5,19H2,1-4H3/b27-17-/t29-/m1/s1.